The summed E-state index contributed by atoms with van der Waals surface area (Å²) in [4.78, 5) is 11.0. The zero-order valence-corrected chi connectivity index (χ0v) is 16.4. The number of hydrogen-bond donors (Lipinski definition) is 0. The molecular weight excluding hydrogens is 321 g/mol. The van der Waals surface area contributed by atoms with Gasteiger partial charge in [-0.25, -0.2) is 0 Å². The van der Waals surface area contributed by atoms with Crippen molar-refractivity contribution >= 4 is 13.6 Å². The molecule has 0 aliphatic heterocycles. The molecule has 0 aromatic rings. The minimum atomic E-state index is -3.68. The van der Waals surface area contributed by atoms with E-state index in [0.717, 1.165) is 0 Å². The Morgan fingerprint density at radius 2 is 1.52 bits per heavy atom. The van der Waals surface area contributed by atoms with E-state index >= 15 is 0 Å². The highest BCUT2D eigenvalue weighted by Crippen LogP contribution is 2.60. The zero-order valence-electron chi connectivity index (χ0n) is 15.5. The molecule has 1 atom stereocenters. The highest BCUT2D eigenvalue weighted by Gasteiger charge is 2.52. The average Bonchev–Trinajstić information content (AvgIpc) is 2.35. The van der Waals surface area contributed by atoms with Crippen LogP contribution in [0, 0.1) is 5.41 Å². The molecule has 0 heterocycles. The van der Waals surface area contributed by atoms with Crippen LogP contribution in [0.4, 0.5) is 0 Å². The van der Waals surface area contributed by atoms with Crippen molar-refractivity contribution in [1.29, 1.82) is 0 Å². The van der Waals surface area contributed by atoms with E-state index in [1.807, 2.05) is 0 Å². The molecule has 7 nitrogen and oxygen atoms in total. The van der Waals surface area contributed by atoms with E-state index in [9.17, 15) is 14.6 Å². The maximum absolute atomic E-state index is 13.2. The van der Waals surface area contributed by atoms with E-state index < -0.39 is 30.3 Å². The number of hydrogen-bond acceptors (Lipinski definition) is 6. The van der Waals surface area contributed by atoms with Crippen LogP contribution in [0.25, 0.3) is 0 Å². The van der Waals surface area contributed by atoms with E-state index in [-0.39, 0.29) is 19.8 Å². The summed E-state index contributed by atoms with van der Waals surface area (Å²) < 4.78 is 28.9. The smallest absolute Gasteiger partial charge is 0.350 e. The third-order valence-corrected chi connectivity index (χ3v) is 5.96. The van der Waals surface area contributed by atoms with Crippen molar-refractivity contribution < 1.29 is 28.4 Å². The standard InChI is InChI=1S/C15H31NO6P/c1-9-21-23(19,22-10-2)13(14(4,5)6)16(18)15(7,8)11-20-12(3)17/h13H,9-11H2,1-8H3. The molecular formula is C15H31NO6P. The minimum absolute atomic E-state index is 0.114. The number of carbonyl (C=O) groups excluding carboxylic acids is 1. The highest BCUT2D eigenvalue weighted by atomic mass is 31.2. The van der Waals surface area contributed by atoms with Gasteiger partial charge >= 0.3 is 13.6 Å². The Bertz CT molecular complexity index is 422. The Kier molecular flexibility index (Phi) is 8.41. The van der Waals surface area contributed by atoms with E-state index in [1.54, 1.807) is 48.5 Å². The third-order valence-electron chi connectivity index (χ3n) is 3.14. The van der Waals surface area contributed by atoms with Crippen LogP contribution in [0.3, 0.4) is 0 Å². The van der Waals surface area contributed by atoms with Crippen molar-refractivity contribution in [3.05, 3.63) is 0 Å². The summed E-state index contributed by atoms with van der Waals surface area (Å²) in [7, 11) is -3.68. The predicted octanol–water partition coefficient (Wildman–Crippen LogP) is 3.61. The van der Waals surface area contributed by atoms with Crippen LogP contribution in [0.15, 0.2) is 0 Å². The van der Waals surface area contributed by atoms with Crippen molar-refractivity contribution in [3.8, 4) is 0 Å². The second-order valence-electron chi connectivity index (χ2n) is 7.03. The average molecular weight is 352 g/mol. The van der Waals surface area contributed by atoms with Gasteiger partial charge < -0.3 is 13.8 Å². The maximum atomic E-state index is 13.2. The number of hydroxylamine groups is 2. The normalized spacial score (nSPS) is 14.9. The lowest BCUT2D eigenvalue weighted by Crippen LogP contribution is -2.54. The summed E-state index contributed by atoms with van der Waals surface area (Å²) >= 11 is 0. The van der Waals surface area contributed by atoms with Crippen molar-refractivity contribution in [2.75, 3.05) is 19.8 Å². The van der Waals surface area contributed by atoms with Crippen LogP contribution in [-0.2, 0) is 28.4 Å². The van der Waals surface area contributed by atoms with E-state index in [4.69, 9.17) is 13.8 Å². The van der Waals surface area contributed by atoms with Gasteiger partial charge in [-0.1, -0.05) is 20.8 Å². The summed E-state index contributed by atoms with van der Waals surface area (Å²) in [6, 6.07) is 0. The fourth-order valence-corrected chi connectivity index (χ4v) is 4.76. The number of esters is 1. The molecule has 0 saturated heterocycles. The number of carbonyl (C=O) groups is 1. The zero-order chi connectivity index (χ0) is 18.5. The topological polar surface area (TPSA) is 85.0 Å². The first-order valence-corrected chi connectivity index (χ1v) is 9.41. The first-order valence-electron chi connectivity index (χ1n) is 7.80. The van der Waals surface area contributed by atoms with Crippen molar-refractivity contribution in [2.45, 2.75) is 66.7 Å². The van der Waals surface area contributed by atoms with E-state index in [2.05, 4.69) is 0 Å². The molecule has 1 unspecified atom stereocenters. The molecule has 0 rings (SSSR count). The molecule has 0 bridgehead atoms. The highest BCUT2D eigenvalue weighted by molar-refractivity contribution is 7.54. The lowest BCUT2D eigenvalue weighted by atomic mass is 9.93. The fraction of sp³-hybridized carbons (Fsp3) is 0.933. The van der Waals surface area contributed by atoms with Crippen LogP contribution in [0.2, 0.25) is 0 Å². The fourth-order valence-electron chi connectivity index (χ4n) is 2.17. The van der Waals surface area contributed by atoms with Crippen molar-refractivity contribution in [2.24, 2.45) is 5.41 Å². The lowest BCUT2D eigenvalue weighted by Gasteiger charge is -2.44. The molecule has 0 aliphatic carbocycles. The number of nitrogens with zero attached hydrogens (tertiary/aromatic N) is 1. The summed E-state index contributed by atoms with van der Waals surface area (Å²) in [5.41, 5.74) is -1.75. The molecule has 0 N–H and O–H groups in total. The molecule has 0 spiro atoms. The van der Waals surface area contributed by atoms with Crippen LogP contribution < -0.4 is 0 Å². The van der Waals surface area contributed by atoms with Gasteiger partial charge in [0.1, 0.15) is 12.4 Å². The summed E-state index contributed by atoms with van der Waals surface area (Å²) in [6.07, 6.45) is 0. The lowest BCUT2D eigenvalue weighted by molar-refractivity contribution is -0.255. The monoisotopic (exact) mass is 352 g/mol. The van der Waals surface area contributed by atoms with Gasteiger partial charge in [0.2, 0.25) is 0 Å². The second-order valence-corrected chi connectivity index (χ2v) is 9.12. The van der Waals surface area contributed by atoms with Gasteiger partial charge in [-0.05, 0) is 33.1 Å². The van der Waals surface area contributed by atoms with Gasteiger partial charge in [0, 0.05) is 6.92 Å². The Morgan fingerprint density at radius 3 is 1.83 bits per heavy atom. The van der Waals surface area contributed by atoms with E-state index in [0.29, 0.717) is 5.06 Å². The van der Waals surface area contributed by atoms with Crippen molar-refractivity contribution in [3.63, 3.8) is 0 Å². The molecule has 1 radical (unpaired) electrons. The van der Waals surface area contributed by atoms with Gasteiger partial charge in [-0.2, -0.15) is 0 Å². The Labute approximate surface area is 139 Å². The van der Waals surface area contributed by atoms with Crippen LogP contribution in [0.5, 0.6) is 0 Å². The Hall–Kier alpha value is -0.460. The summed E-state index contributed by atoms with van der Waals surface area (Å²) in [5, 5.41) is 13.7. The van der Waals surface area contributed by atoms with Crippen LogP contribution in [-0.4, -0.2) is 42.2 Å². The maximum Gasteiger partial charge on any atom is 0.350 e. The number of rotatable bonds is 9. The molecule has 0 aromatic heterocycles. The van der Waals surface area contributed by atoms with Gasteiger partial charge in [-0.3, -0.25) is 9.36 Å². The predicted molar refractivity (Wildman–Crippen MR) is 87.3 cm³/mol. The summed E-state index contributed by atoms with van der Waals surface area (Å²) in [5.74, 6) is -1.50. The molecule has 0 aromatic carbocycles. The molecule has 23 heavy (non-hydrogen) atoms. The van der Waals surface area contributed by atoms with Gasteiger partial charge in [-0.15, -0.1) is 10.3 Å². The molecule has 0 aliphatic rings. The Morgan fingerprint density at radius 1 is 1.09 bits per heavy atom. The van der Waals surface area contributed by atoms with Gasteiger partial charge in [0.05, 0.1) is 18.8 Å². The largest absolute Gasteiger partial charge is 0.464 e. The van der Waals surface area contributed by atoms with Crippen LogP contribution >= 0.6 is 7.60 Å². The number of ether oxygens (including phenoxy) is 1. The van der Waals surface area contributed by atoms with Crippen molar-refractivity contribution in [1.82, 2.24) is 5.06 Å². The van der Waals surface area contributed by atoms with Gasteiger partial charge in [0.15, 0.2) is 0 Å². The molecule has 0 saturated carbocycles. The van der Waals surface area contributed by atoms with Gasteiger partial charge in [0.25, 0.3) is 0 Å². The van der Waals surface area contributed by atoms with Crippen LogP contribution in [0.1, 0.15) is 55.4 Å². The first-order chi connectivity index (χ1) is 10.3. The third kappa shape index (κ3) is 6.51. The minimum Gasteiger partial charge on any atom is -0.464 e. The molecule has 0 amide bonds. The SMILES string of the molecule is CCOP(=O)(OCC)C(N([O])C(C)(C)COC(C)=O)C(C)(C)C. The first kappa shape index (κ1) is 22.5. The molecule has 137 valence electrons. The Balaban J connectivity index is 5.70. The second kappa shape index (κ2) is 8.58. The van der Waals surface area contributed by atoms with E-state index in [1.165, 1.54) is 6.92 Å². The molecule has 8 heteroatoms. The molecule has 0 fully saturated rings. The summed E-state index contributed by atoms with van der Waals surface area (Å²) in [6.45, 7) is 13.6. The quantitative estimate of drug-likeness (QED) is 0.358.